The summed E-state index contributed by atoms with van der Waals surface area (Å²) >= 11 is 0. The smallest absolute Gasteiger partial charge is 0.425 e. The fraction of sp³-hybridized carbons (Fsp3) is 0.385. The van der Waals surface area contributed by atoms with E-state index in [1.54, 1.807) is 90.9 Å². The molecule has 0 spiro atoms. The van der Waals surface area contributed by atoms with Crippen LogP contribution in [0.15, 0.2) is 83.9 Å². The predicted octanol–water partition coefficient (Wildman–Crippen LogP) is 6.49. The molecule has 0 radical (unpaired) electrons. The molecule has 1 N–H and O–H groups in total. The molecule has 0 bridgehead atoms. The van der Waals surface area contributed by atoms with E-state index in [0.717, 1.165) is 7.05 Å². The number of hydrogen-bond acceptors (Lipinski definition) is 12. The van der Waals surface area contributed by atoms with Gasteiger partial charge in [0.05, 0.1) is 17.8 Å². The SMILES string of the molecule is CC(=O)C[C@@H](C(=O)OC(C)(C)C)N(C)S(=O)(=O)N(Cc1ccc(OC(=O)c2ccc(N=C(C)NC(=O)OC(C)(C)C)cc2)cc1)C(=O)OCc1ccccc1. The van der Waals surface area contributed by atoms with E-state index in [1.807, 2.05) is 0 Å². The number of aliphatic imine (C=N–C) groups is 1. The van der Waals surface area contributed by atoms with Crippen LogP contribution in [-0.4, -0.2) is 77.1 Å². The molecule has 3 aromatic rings. The van der Waals surface area contributed by atoms with Gasteiger partial charge in [-0.25, -0.2) is 19.4 Å². The van der Waals surface area contributed by atoms with E-state index in [2.05, 4.69) is 10.3 Å². The average Bonchev–Trinajstić information content (AvgIpc) is 3.07. The number of rotatable bonds is 13. The van der Waals surface area contributed by atoms with E-state index in [9.17, 15) is 32.4 Å². The zero-order chi connectivity index (χ0) is 41.1. The van der Waals surface area contributed by atoms with Crippen molar-refractivity contribution in [3.8, 4) is 5.75 Å². The Morgan fingerprint density at radius 1 is 0.782 bits per heavy atom. The van der Waals surface area contributed by atoms with Crippen LogP contribution in [-0.2, 0) is 47.2 Å². The monoisotopic (exact) mass is 780 g/mol. The molecule has 0 saturated heterocycles. The number of carbonyl (C=O) groups is 5. The lowest BCUT2D eigenvalue weighted by atomic mass is 10.1. The van der Waals surface area contributed by atoms with Gasteiger partial charge in [-0.15, -0.1) is 0 Å². The summed E-state index contributed by atoms with van der Waals surface area (Å²) in [5.74, 6) is -1.73. The van der Waals surface area contributed by atoms with Crippen molar-refractivity contribution in [1.82, 2.24) is 13.9 Å². The number of nitrogens with one attached hydrogen (secondary N) is 1. The Balaban J connectivity index is 1.80. The number of esters is 2. The van der Waals surface area contributed by atoms with Gasteiger partial charge in [0.1, 0.15) is 41.2 Å². The third-order valence-corrected chi connectivity index (χ3v) is 9.01. The number of amides is 2. The molecule has 2 amide bonds. The van der Waals surface area contributed by atoms with Crippen molar-refractivity contribution in [3.05, 3.63) is 95.6 Å². The second kappa shape index (κ2) is 18.6. The lowest BCUT2D eigenvalue weighted by Crippen LogP contribution is -2.52. The van der Waals surface area contributed by atoms with E-state index >= 15 is 0 Å². The summed E-state index contributed by atoms with van der Waals surface area (Å²) in [5.41, 5.74) is -0.105. The fourth-order valence-corrected chi connectivity index (χ4v) is 6.04. The molecule has 0 unspecified atom stereocenters. The molecular weight excluding hydrogens is 733 g/mol. The first-order valence-corrected chi connectivity index (χ1v) is 18.6. The number of hydrogen-bond donors (Lipinski definition) is 1. The van der Waals surface area contributed by atoms with Gasteiger partial charge in [-0.1, -0.05) is 42.5 Å². The number of benzene rings is 3. The highest BCUT2D eigenvalue weighted by Crippen LogP contribution is 2.23. The molecule has 0 heterocycles. The van der Waals surface area contributed by atoms with Crippen LogP contribution in [0, 0.1) is 0 Å². The van der Waals surface area contributed by atoms with Crippen molar-refractivity contribution in [2.24, 2.45) is 4.99 Å². The summed E-state index contributed by atoms with van der Waals surface area (Å²) in [7, 11) is -3.74. The summed E-state index contributed by atoms with van der Waals surface area (Å²) in [4.78, 5) is 67.9. The van der Waals surface area contributed by atoms with Crippen molar-refractivity contribution in [2.45, 2.75) is 92.2 Å². The molecule has 0 aliphatic carbocycles. The molecule has 0 aliphatic heterocycles. The Kier molecular flexibility index (Phi) is 14.8. The van der Waals surface area contributed by atoms with Crippen LogP contribution in [0.2, 0.25) is 0 Å². The normalized spacial score (nSPS) is 12.7. The highest BCUT2D eigenvalue weighted by molar-refractivity contribution is 7.87. The lowest BCUT2D eigenvalue weighted by Gasteiger charge is -2.32. The number of Topliss-reactive ketones (excluding diaryl/α,β-unsaturated/α-hetero) is 1. The van der Waals surface area contributed by atoms with Crippen LogP contribution in [0.4, 0.5) is 15.3 Å². The van der Waals surface area contributed by atoms with Crippen molar-refractivity contribution in [2.75, 3.05) is 7.05 Å². The van der Waals surface area contributed by atoms with Crippen LogP contribution in [0.1, 0.15) is 83.3 Å². The van der Waals surface area contributed by atoms with Gasteiger partial charge < -0.3 is 18.9 Å². The highest BCUT2D eigenvalue weighted by atomic mass is 32.2. The average molecular weight is 781 g/mol. The summed E-state index contributed by atoms with van der Waals surface area (Å²) in [5, 5.41) is 2.53. The van der Waals surface area contributed by atoms with Crippen molar-refractivity contribution >= 4 is 51.6 Å². The Morgan fingerprint density at radius 2 is 1.36 bits per heavy atom. The third kappa shape index (κ3) is 14.3. The molecular formula is C39H48N4O11S. The molecule has 0 aromatic heterocycles. The zero-order valence-corrected chi connectivity index (χ0v) is 33.3. The molecule has 0 fully saturated rings. The molecule has 0 saturated carbocycles. The van der Waals surface area contributed by atoms with Gasteiger partial charge in [-0.3, -0.25) is 14.9 Å². The molecule has 3 aromatic carbocycles. The molecule has 16 heteroatoms. The van der Waals surface area contributed by atoms with Crippen molar-refractivity contribution in [3.63, 3.8) is 0 Å². The van der Waals surface area contributed by atoms with Gasteiger partial charge in [-0.2, -0.15) is 17.0 Å². The van der Waals surface area contributed by atoms with E-state index in [1.165, 1.54) is 43.3 Å². The first-order valence-electron chi connectivity index (χ1n) is 17.2. The summed E-state index contributed by atoms with van der Waals surface area (Å²) in [6, 6.07) is 18.9. The van der Waals surface area contributed by atoms with Gasteiger partial charge in [-0.05, 0) is 103 Å². The summed E-state index contributed by atoms with van der Waals surface area (Å²) in [6.45, 7) is 12.0. The lowest BCUT2D eigenvalue weighted by molar-refractivity contribution is -0.160. The van der Waals surface area contributed by atoms with E-state index in [0.29, 0.717) is 25.4 Å². The minimum atomic E-state index is -4.82. The Morgan fingerprint density at radius 3 is 1.91 bits per heavy atom. The minimum Gasteiger partial charge on any atom is -0.459 e. The fourth-order valence-electron chi connectivity index (χ4n) is 4.69. The maximum atomic E-state index is 14.1. The standard InChI is InChI=1S/C39H48N4O11S/c1-26(44)23-33(35(46)53-38(3,4)5)42(9)55(49,50)43(37(48)51-25-29-13-11-10-12-14-29)24-28-15-21-32(22-16-28)52-34(45)30-17-19-31(20-18-30)40-27(2)41-36(47)54-39(6,7)8/h10-22,33H,23-25H2,1-9H3,(H,40,41,47)/t33-/m0/s1. The Labute approximate surface area is 321 Å². The zero-order valence-electron chi connectivity index (χ0n) is 32.4. The van der Waals surface area contributed by atoms with Gasteiger partial charge >= 0.3 is 34.3 Å². The van der Waals surface area contributed by atoms with Crippen molar-refractivity contribution < 1.29 is 51.3 Å². The number of ketones is 1. The van der Waals surface area contributed by atoms with Crippen LogP contribution in [0.25, 0.3) is 0 Å². The first kappa shape index (κ1) is 43.8. The van der Waals surface area contributed by atoms with Crippen LogP contribution >= 0.6 is 0 Å². The number of carbonyl (C=O) groups excluding carboxylic acids is 5. The van der Waals surface area contributed by atoms with Crippen LogP contribution in [0.3, 0.4) is 0 Å². The molecule has 296 valence electrons. The van der Waals surface area contributed by atoms with Crippen molar-refractivity contribution in [1.29, 1.82) is 0 Å². The van der Waals surface area contributed by atoms with Gasteiger partial charge in [0.25, 0.3) is 0 Å². The number of alkyl carbamates (subject to hydrolysis) is 1. The highest BCUT2D eigenvalue weighted by Gasteiger charge is 2.41. The third-order valence-electron chi connectivity index (χ3n) is 7.19. The van der Waals surface area contributed by atoms with Gasteiger partial charge in [0.15, 0.2) is 0 Å². The summed E-state index contributed by atoms with van der Waals surface area (Å²) in [6.07, 6.45) is -2.39. The summed E-state index contributed by atoms with van der Waals surface area (Å²) < 4.78 is 50.7. The number of ether oxygens (including phenoxy) is 4. The maximum absolute atomic E-state index is 14.1. The largest absolute Gasteiger partial charge is 0.459 e. The molecule has 15 nitrogen and oxygen atoms in total. The molecule has 55 heavy (non-hydrogen) atoms. The Hall–Kier alpha value is -5.61. The number of amidine groups is 1. The van der Waals surface area contributed by atoms with Crippen LogP contribution < -0.4 is 10.1 Å². The first-order chi connectivity index (χ1) is 25.5. The molecule has 0 aliphatic rings. The predicted molar refractivity (Wildman–Crippen MR) is 204 cm³/mol. The number of likely N-dealkylation sites (N-methyl/N-ethyl adjacent to an activating group) is 1. The second-order valence-corrected chi connectivity index (χ2v) is 16.3. The minimum absolute atomic E-state index is 0.123. The van der Waals surface area contributed by atoms with E-state index < -0.39 is 70.3 Å². The van der Waals surface area contributed by atoms with Gasteiger partial charge in [0.2, 0.25) is 0 Å². The topological polar surface area (TPSA) is 187 Å². The molecule has 3 rings (SSSR count). The van der Waals surface area contributed by atoms with E-state index in [4.69, 9.17) is 18.9 Å². The van der Waals surface area contributed by atoms with E-state index in [-0.39, 0.29) is 23.8 Å². The van der Waals surface area contributed by atoms with Gasteiger partial charge in [0, 0.05) is 13.5 Å². The quantitative estimate of drug-likeness (QED) is 0.0657. The van der Waals surface area contributed by atoms with Crippen LogP contribution in [0.5, 0.6) is 5.75 Å². The maximum Gasteiger partial charge on any atom is 0.425 e. The Bertz CT molecular complexity index is 1970. The molecule has 1 atom stereocenters. The number of nitrogens with zero attached hydrogens (tertiary/aromatic N) is 3. The second-order valence-electron chi connectivity index (χ2n) is 14.4.